The summed E-state index contributed by atoms with van der Waals surface area (Å²) in [4.78, 5) is 14.2. The smallest absolute Gasteiger partial charge is 0.317 e. The number of carbonyl (C=O) groups is 1. The topological polar surface area (TPSA) is 87.7 Å². The largest absolute Gasteiger partial charge is 0.372 e. The molecule has 8 heteroatoms. The number of sulfonamides is 1. The average Bonchev–Trinajstić information content (AvgIpc) is 2.50. The van der Waals surface area contributed by atoms with Crippen LogP contribution in [0.2, 0.25) is 0 Å². The zero-order valence-electron chi connectivity index (χ0n) is 15.2. The number of hydrogen-bond donors (Lipinski definition) is 2. The van der Waals surface area contributed by atoms with Gasteiger partial charge in [0.2, 0.25) is 10.0 Å². The second-order valence-electron chi connectivity index (χ2n) is 7.11. The van der Waals surface area contributed by atoms with Gasteiger partial charge < -0.3 is 15.0 Å². The summed E-state index contributed by atoms with van der Waals surface area (Å²) in [6.07, 6.45) is 0. The molecule has 2 N–H and O–H groups in total. The molecule has 1 aliphatic rings. The van der Waals surface area contributed by atoms with Crippen molar-refractivity contribution < 1.29 is 17.9 Å². The van der Waals surface area contributed by atoms with E-state index >= 15 is 0 Å². The number of nitrogens with zero attached hydrogens (tertiary/aromatic N) is 1. The van der Waals surface area contributed by atoms with Crippen LogP contribution < -0.4 is 10.0 Å². The standard InChI is InChI=1S/C17H27N3O4S/c1-13(2)19-25(22,23)15-7-5-6-14(10-15)11-18-16(21)20-8-9-24-17(3,4)12-20/h5-7,10,13,19H,8-9,11-12H2,1-4H3,(H,18,21). The second-order valence-corrected chi connectivity index (χ2v) is 8.83. The van der Waals surface area contributed by atoms with E-state index in [0.29, 0.717) is 19.7 Å². The van der Waals surface area contributed by atoms with Gasteiger partial charge in [0.05, 0.1) is 23.6 Å². The van der Waals surface area contributed by atoms with Crippen molar-refractivity contribution in [2.24, 2.45) is 0 Å². The maximum Gasteiger partial charge on any atom is 0.317 e. The van der Waals surface area contributed by atoms with Crippen molar-refractivity contribution in [2.75, 3.05) is 19.7 Å². The van der Waals surface area contributed by atoms with Crippen LogP contribution in [0.3, 0.4) is 0 Å². The van der Waals surface area contributed by atoms with Crippen LogP contribution in [-0.2, 0) is 21.3 Å². The minimum Gasteiger partial charge on any atom is -0.372 e. The monoisotopic (exact) mass is 369 g/mol. The van der Waals surface area contributed by atoms with E-state index in [-0.39, 0.29) is 29.1 Å². The second kappa shape index (κ2) is 7.72. The lowest BCUT2D eigenvalue weighted by atomic mass is 10.1. The van der Waals surface area contributed by atoms with Gasteiger partial charge in [-0.3, -0.25) is 0 Å². The molecular formula is C17H27N3O4S. The fourth-order valence-electron chi connectivity index (χ4n) is 2.68. The number of morpholine rings is 1. The number of amides is 2. The molecule has 2 amide bonds. The average molecular weight is 369 g/mol. The molecule has 140 valence electrons. The highest BCUT2D eigenvalue weighted by molar-refractivity contribution is 7.89. The van der Waals surface area contributed by atoms with Crippen molar-refractivity contribution in [2.45, 2.75) is 50.8 Å². The van der Waals surface area contributed by atoms with Crippen LogP contribution >= 0.6 is 0 Å². The third-order valence-electron chi connectivity index (χ3n) is 3.76. The van der Waals surface area contributed by atoms with Gasteiger partial charge in [-0.25, -0.2) is 17.9 Å². The molecule has 0 saturated carbocycles. The maximum atomic E-state index is 12.3. The first kappa shape index (κ1) is 19.7. The number of ether oxygens (including phenoxy) is 1. The number of carbonyl (C=O) groups excluding carboxylic acids is 1. The molecule has 2 rings (SSSR count). The molecule has 1 saturated heterocycles. The quantitative estimate of drug-likeness (QED) is 0.827. The van der Waals surface area contributed by atoms with Crippen molar-refractivity contribution in [1.29, 1.82) is 0 Å². The Labute approximate surface area is 149 Å². The highest BCUT2D eigenvalue weighted by Crippen LogP contribution is 2.17. The Morgan fingerprint density at radius 1 is 1.36 bits per heavy atom. The van der Waals surface area contributed by atoms with Crippen molar-refractivity contribution in [3.8, 4) is 0 Å². The first-order valence-corrected chi connectivity index (χ1v) is 9.85. The van der Waals surface area contributed by atoms with Crippen molar-refractivity contribution in [1.82, 2.24) is 14.9 Å². The van der Waals surface area contributed by atoms with Gasteiger partial charge >= 0.3 is 6.03 Å². The molecule has 7 nitrogen and oxygen atoms in total. The predicted octanol–water partition coefficient (Wildman–Crippen LogP) is 1.69. The molecule has 1 aromatic carbocycles. The van der Waals surface area contributed by atoms with Crippen LogP contribution in [0.15, 0.2) is 29.2 Å². The van der Waals surface area contributed by atoms with E-state index in [4.69, 9.17) is 4.74 Å². The highest BCUT2D eigenvalue weighted by Gasteiger charge is 2.29. The minimum absolute atomic E-state index is 0.176. The van der Waals surface area contributed by atoms with Crippen LogP contribution in [0.5, 0.6) is 0 Å². The van der Waals surface area contributed by atoms with Gasteiger partial charge in [0.15, 0.2) is 0 Å². The molecule has 0 aliphatic carbocycles. The summed E-state index contributed by atoms with van der Waals surface area (Å²) in [6.45, 7) is 9.27. The zero-order chi connectivity index (χ0) is 18.7. The van der Waals surface area contributed by atoms with Gasteiger partial charge in [-0.15, -0.1) is 0 Å². The summed E-state index contributed by atoms with van der Waals surface area (Å²) in [7, 11) is -3.55. The highest BCUT2D eigenvalue weighted by atomic mass is 32.2. The Morgan fingerprint density at radius 2 is 2.08 bits per heavy atom. The van der Waals surface area contributed by atoms with Crippen molar-refractivity contribution >= 4 is 16.1 Å². The summed E-state index contributed by atoms with van der Waals surface area (Å²) < 4.78 is 32.6. The molecule has 0 radical (unpaired) electrons. The van der Waals surface area contributed by atoms with Gasteiger partial charge in [-0.1, -0.05) is 12.1 Å². The van der Waals surface area contributed by atoms with Gasteiger partial charge in [-0.2, -0.15) is 0 Å². The van der Waals surface area contributed by atoms with Crippen LogP contribution in [0.1, 0.15) is 33.3 Å². The van der Waals surface area contributed by atoms with E-state index in [2.05, 4.69) is 10.0 Å². The Balaban J connectivity index is 1.99. The summed E-state index contributed by atoms with van der Waals surface area (Å²) in [5, 5.41) is 2.84. The van der Waals surface area contributed by atoms with Gasteiger partial charge in [0.1, 0.15) is 0 Å². The summed E-state index contributed by atoms with van der Waals surface area (Å²) in [5.74, 6) is 0. The van der Waals surface area contributed by atoms with Crippen molar-refractivity contribution in [3.05, 3.63) is 29.8 Å². The SMILES string of the molecule is CC(C)NS(=O)(=O)c1cccc(CNC(=O)N2CCOC(C)(C)C2)c1. The fourth-order valence-corrected chi connectivity index (χ4v) is 4.00. The number of nitrogens with one attached hydrogen (secondary N) is 2. The van der Waals surface area contributed by atoms with Gasteiger partial charge in [0.25, 0.3) is 0 Å². The van der Waals surface area contributed by atoms with Crippen molar-refractivity contribution in [3.63, 3.8) is 0 Å². The Morgan fingerprint density at radius 3 is 2.72 bits per heavy atom. The fraction of sp³-hybridized carbons (Fsp3) is 0.588. The molecule has 0 aromatic heterocycles. The molecule has 1 aliphatic heterocycles. The third kappa shape index (κ3) is 5.69. The van der Waals surface area contributed by atoms with E-state index in [9.17, 15) is 13.2 Å². The minimum atomic E-state index is -3.55. The lowest BCUT2D eigenvalue weighted by Gasteiger charge is -2.38. The van der Waals surface area contributed by atoms with E-state index in [1.807, 2.05) is 13.8 Å². The molecule has 0 bridgehead atoms. The molecule has 1 heterocycles. The lowest BCUT2D eigenvalue weighted by Crippen LogP contribution is -2.53. The first-order valence-electron chi connectivity index (χ1n) is 8.37. The van der Waals surface area contributed by atoms with Crippen LogP contribution in [0.4, 0.5) is 4.79 Å². The Hall–Kier alpha value is -1.64. The third-order valence-corrected chi connectivity index (χ3v) is 5.41. The molecule has 0 spiro atoms. The molecule has 0 atom stereocenters. The van der Waals surface area contributed by atoms with Crippen LogP contribution in [0, 0.1) is 0 Å². The van der Waals surface area contributed by atoms with E-state index in [0.717, 1.165) is 5.56 Å². The van der Waals surface area contributed by atoms with E-state index < -0.39 is 10.0 Å². The molecule has 1 fully saturated rings. The Kier molecular flexibility index (Phi) is 6.08. The lowest BCUT2D eigenvalue weighted by molar-refractivity contribution is -0.0733. The van der Waals surface area contributed by atoms with E-state index in [1.54, 1.807) is 43.0 Å². The molecule has 0 unspecified atom stereocenters. The van der Waals surface area contributed by atoms with E-state index in [1.165, 1.54) is 0 Å². The number of rotatable bonds is 5. The molecule has 1 aromatic rings. The summed E-state index contributed by atoms with van der Waals surface area (Å²) in [5.41, 5.74) is 0.374. The van der Waals surface area contributed by atoms with Gasteiger partial charge in [0, 0.05) is 19.1 Å². The number of hydrogen-bond acceptors (Lipinski definition) is 4. The molecule has 25 heavy (non-hydrogen) atoms. The normalized spacial score (nSPS) is 17.6. The Bertz CT molecular complexity index is 716. The predicted molar refractivity (Wildman–Crippen MR) is 95.7 cm³/mol. The number of benzene rings is 1. The van der Waals surface area contributed by atoms with Crippen LogP contribution in [0.25, 0.3) is 0 Å². The van der Waals surface area contributed by atoms with Gasteiger partial charge in [-0.05, 0) is 45.4 Å². The zero-order valence-corrected chi connectivity index (χ0v) is 16.0. The summed E-state index contributed by atoms with van der Waals surface area (Å²) >= 11 is 0. The summed E-state index contributed by atoms with van der Waals surface area (Å²) in [6, 6.07) is 6.23. The molecular weight excluding hydrogens is 342 g/mol. The maximum absolute atomic E-state index is 12.3. The first-order chi connectivity index (χ1) is 11.6. The number of urea groups is 1. The van der Waals surface area contributed by atoms with Crippen LogP contribution in [-0.4, -0.2) is 50.7 Å².